The highest BCUT2D eigenvalue weighted by atomic mass is 32.1. The maximum Gasteiger partial charge on any atom is 0.153 e. The lowest BCUT2D eigenvalue weighted by atomic mass is 10.0. The van der Waals surface area contributed by atoms with Crippen molar-refractivity contribution in [2.45, 2.75) is 0 Å². The van der Waals surface area contributed by atoms with Crippen LogP contribution >= 0.6 is 11.3 Å². The number of hydrogen-bond acceptors (Lipinski definition) is 6. The molecule has 0 unspecified atom stereocenters. The van der Waals surface area contributed by atoms with Crippen LogP contribution in [0.3, 0.4) is 0 Å². The largest absolute Gasteiger partial charge is 0.454 e. The van der Waals surface area contributed by atoms with E-state index in [1.54, 1.807) is 6.20 Å². The van der Waals surface area contributed by atoms with Gasteiger partial charge in [0.2, 0.25) is 0 Å². The molecule has 0 bridgehead atoms. The van der Waals surface area contributed by atoms with Crippen LogP contribution in [0.15, 0.2) is 136 Å². The fourth-order valence-electron chi connectivity index (χ4n) is 6.41. The first-order valence-corrected chi connectivity index (χ1v) is 15.6. The molecule has 0 aliphatic heterocycles. The quantitative estimate of drug-likeness (QED) is 0.203. The first-order chi connectivity index (χ1) is 22.2. The van der Waals surface area contributed by atoms with Crippen molar-refractivity contribution in [3.8, 4) is 33.6 Å². The van der Waals surface area contributed by atoms with Crippen LogP contribution in [0.4, 0.5) is 0 Å². The monoisotopic (exact) mass is 595 g/mol. The molecule has 10 aromatic rings. The molecule has 0 saturated carbocycles. The Morgan fingerprint density at radius 1 is 0.422 bits per heavy atom. The summed E-state index contributed by atoms with van der Waals surface area (Å²) < 4.78 is 14.5. The van der Waals surface area contributed by atoms with Gasteiger partial charge in [0.15, 0.2) is 11.2 Å². The number of furan rings is 2. The van der Waals surface area contributed by atoms with E-state index in [1.165, 1.54) is 20.2 Å². The summed E-state index contributed by atoms with van der Waals surface area (Å²) in [6.07, 6.45) is 3.61. The Morgan fingerprint density at radius 2 is 0.911 bits per heavy atom. The Kier molecular flexibility index (Phi) is 5.09. The van der Waals surface area contributed by atoms with Crippen LogP contribution in [0.25, 0.3) is 98.0 Å². The molecule has 4 aromatic carbocycles. The number of rotatable bonds is 3. The highest BCUT2D eigenvalue weighted by molar-refractivity contribution is 7.25. The van der Waals surface area contributed by atoms with Crippen LogP contribution in [-0.4, -0.2) is 15.0 Å². The number of fused-ring (bicyclic) bond motifs is 9. The second-order valence-electron chi connectivity index (χ2n) is 11.3. The molecule has 0 atom stereocenters. The van der Waals surface area contributed by atoms with Crippen molar-refractivity contribution in [1.29, 1.82) is 0 Å². The van der Waals surface area contributed by atoms with E-state index in [2.05, 4.69) is 88.8 Å². The van der Waals surface area contributed by atoms with E-state index in [4.69, 9.17) is 13.8 Å². The summed E-state index contributed by atoms with van der Waals surface area (Å²) in [6.45, 7) is 0. The molecule has 0 radical (unpaired) electrons. The molecule has 5 nitrogen and oxygen atoms in total. The minimum Gasteiger partial charge on any atom is -0.454 e. The second kappa shape index (κ2) is 9.32. The number of benzene rings is 4. The zero-order valence-electron chi connectivity index (χ0n) is 23.7. The Bertz CT molecular complexity index is 2790. The predicted molar refractivity (Wildman–Crippen MR) is 184 cm³/mol. The maximum atomic E-state index is 6.01. The molecular formula is C39H21N3O2S. The third kappa shape index (κ3) is 3.83. The molecule has 0 N–H and O–H groups in total. The van der Waals surface area contributed by atoms with E-state index in [1.807, 2.05) is 53.9 Å². The van der Waals surface area contributed by atoms with Gasteiger partial charge < -0.3 is 8.83 Å². The van der Waals surface area contributed by atoms with Crippen LogP contribution in [0.5, 0.6) is 0 Å². The van der Waals surface area contributed by atoms with Gasteiger partial charge in [-0.2, -0.15) is 0 Å². The third-order valence-corrected chi connectivity index (χ3v) is 9.75. The summed E-state index contributed by atoms with van der Waals surface area (Å²) in [5, 5.41) is 4.50. The zero-order valence-corrected chi connectivity index (χ0v) is 24.5. The number of hydrogen-bond donors (Lipinski definition) is 0. The number of pyridine rings is 3. The molecule has 0 saturated heterocycles. The lowest BCUT2D eigenvalue weighted by Gasteiger charge is -2.06. The lowest BCUT2D eigenvalue weighted by Crippen LogP contribution is -1.88. The van der Waals surface area contributed by atoms with Crippen LogP contribution < -0.4 is 0 Å². The number of nitrogens with zero attached hydrogens (tertiary/aromatic N) is 3. The van der Waals surface area contributed by atoms with Gasteiger partial charge in [-0.1, -0.05) is 24.3 Å². The number of aromatic nitrogens is 3. The van der Waals surface area contributed by atoms with Gasteiger partial charge in [-0.25, -0.2) is 4.98 Å². The van der Waals surface area contributed by atoms with E-state index >= 15 is 0 Å². The summed E-state index contributed by atoms with van der Waals surface area (Å²) >= 11 is 1.82. The van der Waals surface area contributed by atoms with Crippen LogP contribution in [0.2, 0.25) is 0 Å². The van der Waals surface area contributed by atoms with Crippen LogP contribution in [-0.2, 0) is 0 Å². The first-order valence-electron chi connectivity index (χ1n) is 14.7. The molecule has 0 aliphatic rings. The zero-order chi connectivity index (χ0) is 29.5. The Balaban J connectivity index is 1.07. The van der Waals surface area contributed by atoms with Gasteiger partial charge in [0.25, 0.3) is 0 Å². The molecule has 6 heterocycles. The van der Waals surface area contributed by atoms with E-state index in [-0.39, 0.29) is 0 Å². The summed E-state index contributed by atoms with van der Waals surface area (Å²) in [4.78, 5) is 14.2. The average molecular weight is 596 g/mol. The SMILES string of the molecule is c1cc(-c2ccc3sc4ccc(-c5ccc6oc7cccnc7c6c5)cc4c3c2)nc(-c2ccc3oc4cccnc4c3c2)c1. The molecule has 0 fully saturated rings. The lowest BCUT2D eigenvalue weighted by molar-refractivity contribution is 0.668. The molecule has 0 amide bonds. The molecule has 6 aromatic heterocycles. The maximum absolute atomic E-state index is 6.01. The Labute approximate surface area is 260 Å². The Hall–Kier alpha value is -5.85. The van der Waals surface area contributed by atoms with Crippen molar-refractivity contribution in [2.75, 3.05) is 0 Å². The van der Waals surface area contributed by atoms with E-state index in [0.717, 1.165) is 77.8 Å². The fraction of sp³-hybridized carbons (Fsp3) is 0. The summed E-state index contributed by atoms with van der Waals surface area (Å²) in [5.74, 6) is 0. The smallest absolute Gasteiger partial charge is 0.153 e. The first kappa shape index (κ1) is 24.6. The molecule has 10 rings (SSSR count). The molecule has 45 heavy (non-hydrogen) atoms. The van der Waals surface area contributed by atoms with E-state index in [9.17, 15) is 0 Å². The molecular weight excluding hydrogens is 575 g/mol. The van der Waals surface area contributed by atoms with Gasteiger partial charge in [0, 0.05) is 54.5 Å². The summed E-state index contributed by atoms with van der Waals surface area (Å²) in [6, 6.07) is 39.9. The van der Waals surface area contributed by atoms with Gasteiger partial charge >= 0.3 is 0 Å². The van der Waals surface area contributed by atoms with Gasteiger partial charge in [-0.05, 0) is 102 Å². The van der Waals surface area contributed by atoms with Crippen molar-refractivity contribution in [3.05, 3.63) is 128 Å². The van der Waals surface area contributed by atoms with Gasteiger partial charge in [0.1, 0.15) is 22.2 Å². The second-order valence-corrected chi connectivity index (χ2v) is 12.3. The van der Waals surface area contributed by atoms with Crippen molar-refractivity contribution < 1.29 is 8.83 Å². The molecule has 6 heteroatoms. The normalized spacial score (nSPS) is 12.0. The molecule has 0 spiro atoms. The topological polar surface area (TPSA) is 65.0 Å². The average Bonchev–Trinajstić information content (AvgIpc) is 3.78. The van der Waals surface area contributed by atoms with Gasteiger partial charge in [-0.3, -0.25) is 9.97 Å². The minimum atomic E-state index is 0.790. The highest BCUT2D eigenvalue weighted by Crippen LogP contribution is 2.40. The van der Waals surface area contributed by atoms with Crippen molar-refractivity contribution in [3.63, 3.8) is 0 Å². The summed E-state index contributed by atoms with van der Waals surface area (Å²) in [7, 11) is 0. The standard InChI is InChI=1S/C39H21N3O2S/c1-4-30(24-9-13-33-29(21-24)39-35(44-33)7-3-17-41-39)42-31(5-1)25-11-15-37-27(20-25)26-18-23(10-14-36(26)45-37)22-8-12-32-28(19-22)38-34(43-32)6-2-16-40-38/h1-21H. The number of thiophene rings is 1. The fourth-order valence-corrected chi connectivity index (χ4v) is 7.47. The van der Waals surface area contributed by atoms with E-state index < -0.39 is 0 Å². The summed E-state index contributed by atoms with van der Waals surface area (Å²) in [5.41, 5.74) is 11.3. The van der Waals surface area contributed by atoms with Crippen LogP contribution in [0.1, 0.15) is 0 Å². The van der Waals surface area contributed by atoms with Crippen molar-refractivity contribution in [2.24, 2.45) is 0 Å². The molecule has 210 valence electrons. The third-order valence-electron chi connectivity index (χ3n) is 8.59. The minimum absolute atomic E-state index is 0.790. The van der Waals surface area contributed by atoms with Crippen LogP contribution in [0, 0.1) is 0 Å². The van der Waals surface area contributed by atoms with Gasteiger partial charge in [0.05, 0.1) is 11.4 Å². The van der Waals surface area contributed by atoms with E-state index in [0.29, 0.717) is 0 Å². The predicted octanol–water partition coefficient (Wildman–Crippen LogP) is 11.0. The molecule has 0 aliphatic carbocycles. The highest BCUT2D eigenvalue weighted by Gasteiger charge is 2.14. The van der Waals surface area contributed by atoms with Gasteiger partial charge in [-0.15, -0.1) is 11.3 Å². The van der Waals surface area contributed by atoms with Crippen molar-refractivity contribution in [1.82, 2.24) is 15.0 Å². The van der Waals surface area contributed by atoms with Crippen molar-refractivity contribution >= 4 is 75.6 Å². The Morgan fingerprint density at radius 3 is 1.53 bits per heavy atom.